The summed E-state index contributed by atoms with van der Waals surface area (Å²) in [7, 11) is 0. The number of ether oxygens (including phenoxy) is 3. The molecule has 0 saturated heterocycles. The van der Waals surface area contributed by atoms with Crippen molar-refractivity contribution in [2.45, 2.75) is 258 Å². The van der Waals surface area contributed by atoms with Gasteiger partial charge in [0.25, 0.3) is 0 Å². The van der Waals surface area contributed by atoms with Gasteiger partial charge in [-0.25, -0.2) is 0 Å². The molecular formula is C67H108O6. The summed E-state index contributed by atoms with van der Waals surface area (Å²) in [5.41, 5.74) is 0. The number of carbonyl (C=O) groups is 3. The Kier molecular flexibility index (Phi) is 56.4. The van der Waals surface area contributed by atoms with E-state index in [9.17, 15) is 14.4 Å². The summed E-state index contributed by atoms with van der Waals surface area (Å²) in [4.78, 5) is 38.2. The van der Waals surface area contributed by atoms with E-state index in [1.165, 1.54) is 51.4 Å². The van der Waals surface area contributed by atoms with E-state index in [0.29, 0.717) is 19.3 Å². The number of allylic oxidation sites excluding steroid dienone is 22. The van der Waals surface area contributed by atoms with E-state index in [4.69, 9.17) is 14.2 Å². The highest BCUT2D eigenvalue weighted by molar-refractivity contribution is 5.71. The second kappa shape index (κ2) is 60.1. The number of unbranched alkanes of at least 4 members (excludes halogenated alkanes) is 19. The highest BCUT2D eigenvalue weighted by Crippen LogP contribution is 2.14. The minimum atomic E-state index is -0.801. The zero-order chi connectivity index (χ0) is 52.9. The van der Waals surface area contributed by atoms with Crippen LogP contribution in [-0.2, 0) is 28.6 Å². The van der Waals surface area contributed by atoms with Gasteiger partial charge in [0, 0.05) is 19.3 Å². The molecule has 6 heteroatoms. The molecule has 0 bridgehead atoms. The van der Waals surface area contributed by atoms with Crippen LogP contribution in [0.2, 0.25) is 0 Å². The maximum absolute atomic E-state index is 12.9. The van der Waals surface area contributed by atoms with E-state index in [1.807, 2.05) is 0 Å². The molecule has 0 heterocycles. The standard InChI is InChI=1S/C67H108O6/c1-4-7-10-13-16-19-22-25-28-30-31-32-33-34-35-37-39-42-45-48-51-54-57-60-66(69)72-63-64(62-71-65(68)59-56-53-50-47-44-41-38-27-24-21-18-15-12-9-6-3)73-67(70)61-58-55-52-49-46-43-40-36-29-26-23-20-17-14-11-8-5-2/h7-12,16-21,25-29,31-32,34-35,38,64H,4-6,13-15,22-24,30,33,36-37,39-63H2,1-3H3/b10-7-,11-8-,12-9-,19-16-,20-17-,21-18-,28-25-,29-26-,32-31-,35-34-,38-27-. The Morgan fingerprint density at radius 2 is 0.493 bits per heavy atom. The van der Waals surface area contributed by atoms with Crippen LogP contribution in [0.15, 0.2) is 134 Å². The second-order valence-corrected chi connectivity index (χ2v) is 19.1. The van der Waals surface area contributed by atoms with Gasteiger partial charge < -0.3 is 14.2 Å². The van der Waals surface area contributed by atoms with Crippen LogP contribution in [0.25, 0.3) is 0 Å². The van der Waals surface area contributed by atoms with Gasteiger partial charge in [-0.05, 0) is 128 Å². The van der Waals surface area contributed by atoms with E-state index in [0.717, 1.165) is 161 Å². The topological polar surface area (TPSA) is 78.9 Å². The van der Waals surface area contributed by atoms with Crippen molar-refractivity contribution >= 4 is 17.9 Å². The molecule has 412 valence electrons. The van der Waals surface area contributed by atoms with Crippen molar-refractivity contribution in [2.24, 2.45) is 0 Å². The van der Waals surface area contributed by atoms with E-state index in [-0.39, 0.29) is 31.1 Å². The molecule has 0 fully saturated rings. The molecular weight excluding hydrogens is 901 g/mol. The van der Waals surface area contributed by atoms with Gasteiger partial charge in [0.05, 0.1) is 0 Å². The predicted molar refractivity (Wildman–Crippen MR) is 316 cm³/mol. The monoisotopic (exact) mass is 1010 g/mol. The van der Waals surface area contributed by atoms with E-state index in [2.05, 4.69) is 154 Å². The van der Waals surface area contributed by atoms with Crippen molar-refractivity contribution in [1.29, 1.82) is 0 Å². The lowest BCUT2D eigenvalue weighted by Gasteiger charge is -2.18. The molecule has 0 N–H and O–H groups in total. The van der Waals surface area contributed by atoms with Gasteiger partial charge in [-0.1, -0.05) is 238 Å². The number of rotatable bonds is 52. The third kappa shape index (κ3) is 58.3. The lowest BCUT2D eigenvalue weighted by molar-refractivity contribution is -0.167. The molecule has 0 amide bonds. The third-order valence-corrected chi connectivity index (χ3v) is 12.1. The maximum atomic E-state index is 12.9. The highest BCUT2D eigenvalue weighted by atomic mass is 16.6. The molecule has 73 heavy (non-hydrogen) atoms. The van der Waals surface area contributed by atoms with Crippen molar-refractivity contribution in [3.05, 3.63) is 134 Å². The molecule has 0 aliphatic heterocycles. The van der Waals surface area contributed by atoms with Gasteiger partial charge in [0.15, 0.2) is 6.10 Å². The molecule has 0 aliphatic rings. The van der Waals surface area contributed by atoms with Crippen molar-refractivity contribution in [2.75, 3.05) is 13.2 Å². The molecule has 0 rings (SSSR count). The normalized spacial score (nSPS) is 13.1. The Hall–Kier alpha value is -4.45. The summed E-state index contributed by atoms with van der Waals surface area (Å²) in [6, 6.07) is 0. The largest absolute Gasteiger partial charge is 0.462 e. The highest BCUT2D eigenvalue weighted by Gasteiger charge is 2.19. The molecule has 1 unspecified atom stereocenters. The SMILES string of the molecule is CC/C=C\C/C=C\C/C=C\C/C=C\C/C=C\CCCCCCCCCC(=O)OCC(COC(=O)CCCCCCC/C=C\C/C=C\C/C=C\CC)OC(=O)CCCCCCCCC/C=C\C/C=C\C/C=C\CC. The Bertz CT molecular complexity index is 1580. The molecule has 0 aromatic carbocycles. The maximum Gasteiger partial charge on any atom is 0.306 e. The summed E-state index contributed by atoms with van der Waals surface area (Å²) < 4.78 is 16.9. The molecule has 0 aliphatic carbocycles. The Morgan fingerprint density at radius 1 is 0.274 bits per heavy atom. The zero-order valence-corrected chi connectivity index (χ0v) is 47.1. The minimum absolute atomic E-state index is 0.0979. The summed E-state index contributed by atoms with van der Waals surface area (Å²) >= 11 is 0. The summed E-state index contributed by atoms with van der Waals surface area (Å²) in [6.07, 6.45) is 84.4. The zero-order valence-electron chi connectivity index (χ0n) is 47.1. The second-order valence-electron chi connectivity index (χ2n) is 19.1. The van der Waals surface area contributed by atoms with E-state index >= 15 is 0 Å². The summed E-state index contributed by atoms with van der Waals surface area (Å²) in [5.74, 6) is -0.937. The van der Waals surface area contributed by atoms with Crippen molar-refractivity contribution in [1.82, 2.24) is 0 Å². The van der Waals surface area contributed by atoms with Crippen molar-refractivity contribution < 1.29 is 28.6 Å². The Balaban J connectivity index is 4.44. The third-order valence-electron chi connectivity index (χ3n) is 12.1. The molecule has 0 aromatic rings. The van der Waals surface area contributed by atoms with Crippen LogP contribution < -0.4 is 0 Å². The summed E-state index contributed by atoms with van der Waals surface area (Å²) in [6.45, 7) is 6.27. The average Bonchev–Trinajstić information content (AvgIpc) is 3.39. The Labute approximate surface area is 449 Å². The minimum Gasteiger partial charge on any atom is -0.462 e. The van der Waals surface area contributed by atoms with Crippen LogP contribution in [0.1, 0.15) is 252 Å². The molecule has 0 spiro atoms. The van der Waals surface area contributed by atoms with Gasteiger partial charge in [0.1, 0.15) is 13.2 Å². The Morgan fingerprint density at radius 3 is 0.767 bits per heavy atom. The number of carbonyl (C=O) groups excluding carboxylic acids is 3. The van der Waals surface area contributed by atoms with Gasteiger partial charge in [0.2, 0.25) is 0 Å². The molecule has 6 nitrogen and oxygen atoms in total. The fraction of sp³-hybridized carbons (Fsp3) is 0.627. The first kappa shape index (κ1) is 68.6. The van der Waals surface area contributed by atoms with Crippen molar-refractivity contribution in [3.63, 3.8) is 0 Å². The number of hydrogen-bond acceptors (Lipinski definition) is 6. The first-order valence-electron chi connectivity index (χ1n) is 29.7. The number of hydrogen-bond donors (Lipinski definition) is 0. The van der Waals surface area contributed by atoms with Gasteiger partial charge in [-0.2, -0.15) is 0 Å². The molecule has 1 atom stereocenters. The molecule has 0 radical (unpaired) electrons. The molecule has 0 aromatic heterocycles. The lowest BCUT2D eigenvalue weighted by atomic mass is 10.1. The number of esters is 3. The molecule has 0 saturated carbocycles. The average molecular weight is 1010 g/mol. The fourth-order valence-corrected chi connectivity index (χ4v) is 7.79. The van der Waals surface area contributed by atoms with Crippen LogP contribution in [0, 0.1) is 0 Å². The van der Waals surface area contributed by atoms with Gasteiger partial charge in [-0.15, -0.1) is 0 Å². The first-order valence-corrected chi connectivity index (χ1v) is 29.7. The van der Waals surface area contributed by atoms with Gasteiger partial charge in [-0.3, -0.25) is 14.4 Å². The quantitative estimate of drug-likeness (QED) is 0.0261. The van der Waals surface area contributed by atoms with E-state index in [1.54, 1.807) is 0 Å². The summed E-state index contributed by atoms with van der Waals surface area (Å²) in [5, 5.41) is 0. The van der Waals surface area contributed by atoms with Crippen LogP contribution in [-0.4, -0.2) is 37.2 Å². The van der Waals surface area contributed by atoms with Gasteiger partial charge >= 0.3 is 17.9 Å². The van der Waals surface area contributed by atoms with Crippen molar-refractivity contribution in [3.8, 4) is 0 Å². The van der Waals surface area contributed by atoms with E-state index < -0.39 is 6.10 Å². The van der Waals surface area contributed by atoms with Crippen LogP contribution >= 0.6 is 0 Å². The smallest absolute Gasteiger partial charge is 0.306 e. The fourth-order valence-electron chi connectivity index (χ4n) is 7.79. The van der Waals surface area contributed by atoms with Crippen LogP contribution in [0.4, 0.5) is 0 Å². The predicted octanol–water partition coefficient (Wildman–Crippen LogP) is 20.2. The van der Waals surface area contributed by atoms with Crippen LogP contribution in [0.5, 0.6) is 0 Å². The first-order chi connectivity index (χ1) is 36.0. The lowest BCUT2D eigenvalue weighted by Crippen LogP contribution is -2.30. The van der Waals surface area contributed by atoms with Crippen LogP contribution in [0.3, 0.4) is 0 Å².